The van der Waals surface area contributed by atoms with Crippen LogP contribution in [0.4, 0.5) is 0 Å². The van der Waals surface area contributed by atoms with E-state index in [0.717, 1.165) is 0 Å². The van der Waals surface area contributed by atoms with Gasteiger partial charge in [0.2, 0.25) is 5.91 Å². The molecule has 0 saturated heterocycles. The van der Waals surface area contributed by atoms with Crippen LogP contribution in [0.1, 0.15) is 33.7 Å². The van der Waals surface area contributed by atoms with Gasteiger partial charge in [0, 0.05) is 6.42 Å². The molecule has 1 N–H and O–H groups in total. The van der Waals surface area contributed by atoms with Gasteiger partial charge >= 0.3 is 5.97 Å². The van der Waals surface area contributed by atoms with Crippen molar-refractivity contribution in [2.75, 3.05) is 0 Å². The predicted octanol–water partition coefficient (Wildman–Crippen LogP) is 0.558. The van der Waals surface area contributed by atoms with Gasteiger partial charge in [-0.1, -0.05) is 0 Å². The quantitative estimate of drug-likeness (QED) is 0.685. The summed E-state index contributed by atoms with van der Waals surface area (Å²) < 4.78 is 1.20. The Bertz CT molecular complexity index is 367. The molecule has 0 fully saturated rings. The molecule has 2 rings (SSSR count). The molecule has 1 aromatic rings. The molecule has 1 aromatic heterocycles. The molecule has 0 saturated carbocycles. The van der Waals surface area contributed by atoms with Crippen LogP contribution in [0, 0.1) is 0 Å². The van der Waals surface area contributed by atoms with Crippen LogP contribution in [-0.2, 0) is 6.42 Å². The molecule has 0 aromatic carbocycles. The summed E-state index contributed by atoms with van der Waals surface area (Å²) in [6.07, 6.45) is 3.02. The van der Waals surface area contributed by atoms with Crippen LogP contribution < -0.4 is 0 Å². The van der Waals surface area contributed by atoms with Crippen LogP contribution in [0.3, 0.4) is 0 Å². The van der Waals surface area contributed by atoms with Crippen LogP contribution in [0.2, 0.25) is 0 Å². The first kappa shape index (κ1) is 7.97. The third kappa shape index (κ3) is 1.12. The van der Waals surface area contributed by atoms with Crippen LogP contribution in [-0.4, -0.2) is 26.8 Å². The first-order valence-corrected chi connectivity index (χ1v) is 4.03. The van der Waals surface area contributed by atoms with Gasteiger partial charge in [-0.05, 0) is 12.8 Å². The number of carboxylic acids is 1. The smallest absolute Gasteiger partial charge is 0.339 e. The van der Waals surface area contributed by atoms with Crippen molar-refractivity contribution in [3.63, 3.8) is 0 Å². The topological polar surface area (TPSA) is 72.2 Å². The normalized spacial score (nSPS) is 15.5. The minimum Gasteiger partial charge on any atom is -0.478 e. The van der Waals surface area contributed by atoms with Gasteiger partial charge in [0.05, 0.1) is 11.9 Å². The summed E-state index contributed by atoms with van der Waals surface area (Å²) in [5.41, 5.74) is 0.678. The zero-order chi connectivity index (χ0) is 9.42. The van der Waals surface area contributed by atoms with E-state index < -0.39 is 5.97 Å². The number of hydrogen-bond acceptors (Lipinski definition) is 3. The summed E-state index contributed by atoms with van der Waals surface area (Å²) in [6, 6.07) is 0. The molecule has 5 heteroatoms. The maximum absolute atomic E-state index is 11.2. The molecule has 0 bridgehead atoms. The molecule has 5 nitrogen and oxygen atoms in total. The van der Waals surface area contributed by atoms with E-state index in [9.17, 15) is 9.59 Å². The Balaban J connectivity index is 2.53. The molecule has 1 aliphatic heterocycles. The monoisotopic (exact) mass is 180 g/mol. The van der Waals surface area contributed by atoms with Crippen molar-refractivity contribution in [3.8, 4) is 0 Å². The first-order valence-electron chi connectivity index (χ1n) is 4.03. The van der Waals surface area contributed by atoms with E-state index in [2.05, 4.69) is 5.10 Å². The molecule has 13 heavy (non-hydrogen) atoms. The lowest BCUT2D eigenvalue weighted by molar-refractivity contribution is 0.0695. The van der Waals surface area contributed by atoms with Gasteiger partial charge in [-0.3, -0.25) is 4.79 Å². The molecule has 0 atom stereocenters. The second-order valence-corrected chi connectivity index (χ2v) is 2.97. The number of aromatic carboxylic acids is 1. The summed E-state index contributed by atoms with van der Waals surface area (Å²) in [7, 11) is 0. The van der Waals surface area contributed by atoms with E-state index in [1.54, 1.807) is 0 Å². The number of nitrogens with zero attached hydrogens (tertiary/aromatic N) is 2. The highest BCUT2D eigenvalue weighted by molar-refractivity contribution is 5.91. The van der Waals surface area contributed by atoms with Crippen molar-refractivity contribution in [1.29, 1.82) is 0 Å². The fourth-order valence-corrected chi connectivity index (χ4v) is 1.52. The standard InChI is InChI=1S/C8H8N2O3/c11-7-3-1-2-6-5(8(12)13)4-9-10(6)7/h4H,1-3H2,(H,12,13). The number of carbonyl (C=O) groups is 2. The minimum absolute atomic E-state index is 0.117. The summed E-state index contributed by atoms with van der Waals surface area (Å²) in [5, 5.41) is 12.5. The van der Waals surface area contributed by atoms with E-state index in [-0.39, 0.29) is 11.5 Å². The molecule has 0 amide bonds. The second-order valence-electron chi connectivity index (χ2n) is 2.97. The molecular weight excluding hydrogens is 172 g/mol. The minimum atomic E-state index is -1.02. The third-order valence-electron chi connectivity index (χ3n) is 2.14. The largest absolute Gasteiger partial charge is 0.478 e. The Labute approximate surface area is 74.0 Å². The van der Waals surface area contributed by atoms with Gasteiger partial charge in [-0.2, -0.15) is 5.10 Å². The second kappa shape index (κ2) is 2.69. The maximum Gasteiger partial charge on any atom is 0.339 e. The van der Waals surface area contributed by atoms with Gasteiger partial charge in [-0.15, -0.1) is 0 Å². The molecule has 0 radical (unpaired) electrons. The zero-order valence-corrected chi connectivity index (χ0v) is 6.86. The zero-order valence-electron chi connectivity index (χ0n) is 6.86. The van der Waals surface area contributed by atoms with Crippen LogP contribution in [0.15, 0.2) is 6.20 Å². The van der Waals surface area contributed by atoms with Crippen molar-refractivity contribution in [2.24, 2.45) is 0 Å². The van der Waals surface area contributed by atoms with Crippen molar-refractivity contribution >= 4 is 11.9 Å². The van der Waals surface area contributed by atoms with E-state index in [1.807, 2.05) is 0 Å². The van der Waals surface area contributed by atoms with Crippen LogP contribution >= 0.6 is 0 Å². The lowest BCUT2D eigenvalue weighted by Crippen LogP contribution is -2.21. The fourth-order valence-electron chi connectivity index (χ4n) is 1.52. The van der Waals surface area contributed by atoms with Crippen LogP contribution in [0.25, 0.3) is 0 Å². The van der Waals surface area contributed by atoms with Gasteiger partial charge in [0.15, 0.2) is 0 Å². The van der Waals surface area contributed by atoms with Crippen molar-refractivity contribution < 1.29 is 14.7 Å². The average Bonchev–Trinajstić information content (AvgIpc) is 2.48. The fraction of sp³-hybridized carbons (Fsp3) is 0.375. The highest BCUT2D eigenvalue weighted by Crippen LogP contribution is 2.17. The Kier molecular flexibility index (Phi) is 1.65. The predicted molar refractivity (Wildman–Crippen MR) is 42.8 cm³/mol. The maximum atomic E-state index is 11.2. The number of rotatable bonds is 1. The lowest BCUT2D eigenvalue weighted by atomic mass is 10.1. The summed E-state index contributed by atoms with van der Waals surface area (Å²) >= 11 is 0. The average molecular weight is 180 g/mol. The molecule has 68 valence electrons. The van der Waals surface area contributed by atoms with Gasteiger partial charge in [0.25, 0.3) is 0 Å². The van der Waals surface area contributed by atoms with Gasteiger partial charge in [0.1, 0.15) is 5.56 Å². The SMILES string of the molecule is O=C(O)c1cnn2c1CCCC2=O. The summed E-state index contributed by atoms with van der Waals surface area (Å²) in [5.74, 6) is -1.13. The number of aromatic nitrogens is 2. The third-order valence-corrected chi connectivity index (χ3v) is 2.14. The van der Waals surface area contributed by atoms with Gasteiger partial charge < -0.3 is 5.11 Å². The number of carboxylic acid groups (broad SMARTS) is 1. The van der Waals surface area contributed by atoms with Crippen LogP contribution in [0.5, 0.6) is 0 Å². The van der Waals surface area contributed by atoms with Gasteiger partial charge in [-0.25, -0.2) is 9.48 Å². The van der Waals surface area contributed by atoms with Crippen molar-refractivity contribution in [3.05, 3.63) is 17.5 Å². The molecule has 0 spiro atoms. The summed E-state index contributed by atoms with van der Waals surface area (Å²) in [4.78, 5) is 21.9. The Morgan fingerprint density at radius 2 is 2.31 bits per heavy atom. The van der Waals surface area contributed by atoms with E-state index >= 15 is 0 Å². The van der Waals surface area contributed by atoms with E-state index in [0.29, 0.717) is 25.0 Å². The van der Waals surface area contributed by atoms with Crippen molar-refractivity contribution in [1.82, 2.24) is 9.78 Å². The van der Waals surface area contributed by atoms with E-state index in [4.69, 9.17) is 5.11 Å². The molecule has 0 unspecified atom stereocenters. The number of hydrogen-bond donors (Lipinski definition) is 1. The number of carbonyl (C=O) groups excluding carboxylic acids is 1. The lowest BCUT2D eigenvalue weighted by Gasteiger charge is -2.11. The first-order chi connectivity index (χ1) is 6.20. The molecule has 1 aliphatic rings. The highest BCUT2D eigenvalue weighted by atomic mass is 16.4. The van der Waals surface area contributed by atoms with E-state index in [1.165, 1.54) is 10.9 Å². The molecule has 0 aliphatic carbocycles. The van der Waals surface area contributed by atoms with Crippen molar-refractivity contribution in [2.45, 2.75) is 19.3 Å². The Morgan fingerprint density at radius 1 is 1.54 bits per heavy atom. The highest BCUT2D eigenvalue weighted by Gasteiger charge is 2.23. The Morgan fingerprint density at radius 3 is 3.00 bits per heavy atom. The number of fused-ring (bicyclic) bond motifs is 1. The molecular formula is C8H8N2O3. The Hall–Kier alpha value is -1.65. The molecule has 2 heterocycles. The summed E-state index contributed by atoms with van der Waals surface area (Å²) in [6.45, 7) is 0.